The Morgan fingerprint density at radius 1 is 1.04 bits per heavy atom. The van der Waals surface area contributed by atoms with Crippen LogP contribution in [0.2, 0.25) is 0 Å². The minimum atomic E-state index is 0.126. The molecule has 26 heavy (non-hydrogen) atoms. The molecular weight excluding hydrogens is 344 g/mol. The molecule has 0 radical (unpaired) electrons. The van der Waals surface area contributed by atoms with Gasteiger partial charge in [-0.1, -0.05) is 0 Å². The van der Waals surface area contributed by atoms with E-state index < -0.39 is 0 Å². The van der Waals surface area contributed by atoms with Gasteiger partial charge in [0.05, 0.1) is 10.7 Å². The second kappa shape index (κ2) is 6.80. The van der Waals surface area contributed by atoms with Crippen molar-refractivity contribution in [2.24, 2.45) is 0 Å². The van der Waals surface area contributed by atoms with Gasteiger partial charge in [0.1, 0.15) is 0 Å². The zero-order chi connectivity index (χ0) is 17.5. The van der Waals surface area contributed by atoms with E-state index in [1.54, 1.807) is 0 Å². The molecule has 0 unspecified atom stereocenters. The number of likely N-dealkylation sites (tertiary alicyclic amines) is 1. The molecule has 1 amide bonds. The van der Waals surface area contributed by atoms with Crippen LogP contribution in [0.5, 0.6) is 0 Å². The van der Waals surface area contributed by atoms with E-state index >= 15 is 0 Å². The molecule has 5 nitrogen and oxygen atoms in total. The van der Waals surface area contributed by atoms with Crippen LogP contribution in [0, 0.1) is 0 Å². The van der Waals surface area contributed by atoms with Crippen molar-refractivity contribution in [1.82, 2.24) is 20.1 Å². The van der Waals surface area contributed by atoms with Crippen molar-refractivity contribution in [1.29, 1.82) is 0 Å². The average molecular weight is 371 g/mol. The molecular formula is C20H26N4OS. The molecule has 3 heterocycles. The Morgan fingerprint density at radius 2 is 1.81 bits per heavy atom. The normalized spacial score (nSPS) is 20.7. The quantitative estimate of drug-likeness (QED) is 0.878. The van der Waals surface area contributed by atoms with Crippen molar-refractivity contribution < 1.29 is 4.79 Å². The van der Waals surface area contributed by atoms with Crippen LogP contribution in [0.3, 0.4) is 0 Å². The predicted octanol–water partition coefficient (Wildman–Crippen LogP) is 3.64. The van der Waals surface area contributed by atoms with Crippen LogP contribution < -0.4 is 0 Å². The van der Waals surface area contributed by atoms with Crippen LogP contribution in [0.15, 0.2) is 0 Å². The number of fused-ring (bicyclic) bond motifs is 2. The monoisotopic (exact) mass is 370 g/mol. The summed E-state index contributed by atoms with van der Waals surface area (Å²) in [6, 6.07) is 0. The minimum absolute atomic E-state index is 0.126. The average Bonchev–Trinajstić information content (AvgIpc) is 3.32. The largest absolute Gasteiger partial charge is 0.337 e. The number of hydrogen-bond donors (Lipinski definition) is 1. The number of hydrogen-bond acceptors (Lipinski definition) is 4. The maximum absolute atomic E-state index is 13.0. The van der Waals surface area contributed by atoms with Crippen LogP contribution in [-0.4, -0.2) is 39.1 Å². The van der Waals surface area contributed by atoms with Crippen LogP contribution >= 0.6 is 11.3 Å². The molecule has 2 aromatic rings. The fraction of sp³-hybridized carbons (Fsp3) is 0.650. The van der Waals surface area contributed by atoms with Gasteiger partial charge in [0.2, 0.25) is 0 Å². The lowest BCUT2D eigenvalue weighted by Gasteiger charge is -2.31. The molecule has 138 valence electrons. The summed E-state index contributed by atoms with van der Waals surface area (Å²) < 4.78 is 0. The number of rotatable bonds is 2. The maximum atomic E-state index is 13.0. The van der Waals surface area contributed by atoms with Gasteiger partial charge in [-0.15, -0.1) is 11.3 Å². The third-order valence-electron chi connectivity index (χ3n) is 6.25. The number of aryl methyl sites for hydroxylation is 3. The number of nitrogens with one attached hydrogen (secondary N) is 1. The van der Waals surface area contributed by atoms with Crippen molar-refractivity contribution in [2.45, 2.75) is 70.1 Å². The highest BCUT2D eigenvalue weighted by atomic mass is 32.1. The van der Waals surface area contributed by atoms with Crippen molar-refractivity contribution in [3.63, 3.8) is 0 Å². The van der Waals surface area contributed by atoms with Crippen LogP contribution in [0.1, 0.15) is 81.8 Å². The van der Waals surface area contributed by atoms with Crippen molar-refractivity contribution >= 4 is 17.2 Å². The van der Waals surface area contributed by atoms with Crippen molar-refractivity contribution in [3.05, 3.63) is 32.5 Å². The van der Waals surface area contributed by atoms with E-state index in [9.17, 15) is 4.79 Å². The first-order valence-electron chi connectivity index (χ1n) is 10.1. The molecule has 6 heteroatoms. The fourth-order valence-corrected chi connectivity index (χ4v) is 6.01. The highest BCUT2D eigenvalue weighted by Gasteiger charge is 2.30. The summed E-state index contributed by atoms with van der Waals surface area (Å²) >= 11 is 1.94. The Bertz CT molecular complexity index is 792. The van der Waals surface area contributed by atoms with Gasteiger partial charge in [0.15, 0.2) is 5.69 Å². The molecule has 1 fully saturated rings. The first kappa shape index (κ1) is 16.5. The van der Waals surface area contributed by atoms with E-state index in [-0.39, 0.29) is 5.91 Å². The SMILES string of the molecule is O=C(c1n[nH]c2c1CCCC2)N1CCC(c2nc3c(s2)CCCC3)CC1. The van der Waals surface area contributed by atoms with Gasteiger partial charge in [0, 0.05) is 35.1 Å². The zero-order valence-corrected chi connectivity index (χ0v) is 16.0. The Balaban J connectivity index is 1.26. The Hall–Kier alpha value is -1.69. The molecule has 3 aliphatic rings. The number of amides is 1. The van der Waals surface area contributed by atoms with Gasteiger partial charge in [-0.25, -0.2) is 4.98 Å². The third-order valence-corrected chi connectivity index (χ3v) is 7.57. The lowest BCUT2D eigenvalue weighted by molar-refractivity contribution is 0.0705. The number of thiazole rings is 1. The second-order valence-electron chi connectivity index (χ2n) is 7.93. The number of H-pyrrole nitrogens is 1. The summed E-state index contributed by atoms with van der Waals surface area (Å²) in [7, 11) is 0. The molecule has 1 aliphatic heterocycles. The predicted molar refractivity (Wildman–Crippen MR) is 102 cm³/mol. The number of piperidine rings is 1. The molecule has 2 aliphatic carbocycles. The first-order chi connectivity index (χ1) is 12.8. The highest BCUT2D eigenvalue weighted by Crippen LogP contribution is 2.35. The van der Waals surface area contributed by atoms with Gasteiger partial charge in [0.25, 0.3) is 5.91 Å². The van der Waals surface area contributed by atoms with E-state index in [1.165, 1.54) is 58.9 Å². The fourth-order valence-electron chi connectivity index (χ4n) is 4.68. The molecule has 0 atom stereocenters. The number of nitrogens with zero attached hydrogens (tertiary/aromatic N) is 3. The molecule has 0 saturated carbocycles. The van der Waals surface area contributed by atoms with E-state index in [2.05, 4.69) is 10.2 Å². The summed E-state index contributed by atoms with van der Waals surface area (Å²) in [6.07, 6.45) is 11.4. The van der Waals surface area contributed by atoms with E-state index in [1.807, 2.05) is 16.2 Å². The molecule has 0 aromatic carbocycles. The summed E-state index contributed by atoms with van der Waals surface area (Å²) in [5.41, 5.74) is 4.40. The summed E-state index contributed by atoms with van der Waals surface area (Å²) in [6.45, 7) is 1.66. The number of aromatic amines is 1. The van der Waals surface area contributed by atoms with E-state index in [0.29, 0.717) is 11.6 Å². The van der Waals surface area contributed by atoms with Gasteiger partial charge < -0.3 is 4.90 Å². The number of aromatic nitrogens is 3. The van der Waals surface area contributed by atoms with Gasteiger partial charge in [-0.05, 0) is 64.2 Å². The molecule has 2 aromatic heterocycles. The molecule has 1 saturated heterocycles. The van der Waals surface area contributed by atoms with Crippen molar-refractivity contribution in [2.75, 3.05) is 13.1 Å². The van der Waals surface area contributed by atoms with Crippen molar-refractivity contribution in [3.8, 4) is 0 Å². The molecule has 0 bridgehead atoms. The summed E-state index contributed by atoms with van der Waals surface area (Å²) in [5.74, 6) is 0.657. The second-order valence-corrected chi connectivity index (χ2v) is 9.05. The first-order valence-corrected chi connectivity index (χ1v) is 10.9. The Labute approximate surface area is 158 Å². The van der Waals surface area contributed by atoms with Crippen LogP contribution in [0.25, 0.3) is 0 Å². The van der Waals surface area contributed by atoms with Gasteiger partial charge in [-0.2, -0.15) is 5.10 Å². The third kappa shape index (κ3) is 2.88. The topological polar surface area (TPSA) is 61.9 Å². The number of carbonyl (C=O) groups excluding carboxylic acids is 1. The van der Waals surface area contributed by atoms with Crippen LogP contribution in [-0.2, 0) is 25.7 Å². The summed E-state index contributed by atoms with van der Waals surface area (Å²) in [4.78, 5) is 21.4. The Morgan fingerprint density at radius 3 is 2.65 bits per heavy atom. The molecule has 0 spiro atoms. The van der Waals surface area contributed by atoms with Gasteiger partial charge in [-0.3, -0.25) is 9.89 Å². The van der Waals surface area contributed by atoms with Gasteiger partial charge >= 0.3 is 0 Å². The highest BCUT2D eigenvalue weighted by molar-refractivity contribution is 7.11. The Kier molecular flexibility index (Phi) is 4.31. The standard InChI is InChI=1S/C20H26N4OS/c25-20(18-14-5-1-2-6-15(14)22-23-18)24-11-9-13(10-12-24)19-21-16-7-3-4-8-17(16)26-19/h13H,1-12H2,(H,22,23). The van der Waals surface area contributed by atoms with E-state index in [4.69, 9.17) is 4.98 Å². The number of carbonyl (C=O) groups is 1. The molecule has 5 rings (SSSR count). The maximum Gasteiger partial charge on any atom is 0.274 e. The lowest BCUT2D eigenvalue weighted by atomic mass is 9.94. The smallest absolute Gasteiger partial charge is 0.274 e. The zero-order valence-electron chi connectivity index (χ0n) is 15.2. The molecule has 1 N–H and O–H groups in total. The minimum Gasteiger partial charge on any atom is -0.337 e. The summed E-state index contributed by atoms with van der Waals surface area (Å²) in [5, 5.41) is 8.79. The van der Waals surface area contributed by atoms with Crippen LogP contribution in [0.4, 0.5) is 0 Å². The van der Waals surface area contributed by atoms with E-state index in [0.717, 1.165) is 45.2 Å². The lowest BCUT2D eigenvalue weighted by Crippen LogP contribution is -2.38.